The van der Waals surface area contributed by atoms with E-state index in [2.05, 4.69) is 15.5 Å². The van der Waals surface area contributed by atoms with Crippen molar-refractivity contribution in [1.82, 2.24) is 29.9 Å². The monoisotopic (exact) mass is 404 g/mol. The minimum Gasteiger partial charge on any atom is -0.497 e. The smallest absolute Gasteiger partial charge is 0.252 e. The number of amides is 1. The summed E-state index contributed by atoms with van der Waals surface area (Å²) < 4.78 is 8.76. The Labute approximate surface area is 174 Å². The van der Waals surface area contributed by atoms with E-state index in [1.54, 1.807) is 11.8 Å². The van der Waals surface area contributed by atoms with E-state index in [1.807, 2.05) is 68.2 Å². The number of ether oxygens (including phenoxy) is 1. The van der Waals surface area contributed by atoms with E-state index in [1.165, 1.54) is 0 Å². The summed E-state index contributed by atoms with van der Waals surface area (Å²) in [6.45, 7) is 4.90. The van der Waals surface area contributed by atoms with Crippen LogP contribution in [-0.2, 0) is 13.6 Å². The maximum Gasteiger partial charge on any atom is 0.252 e. The van der Waals surface area contributed by atoms with E-state index < -0.39 is 0 Å². The lowest BCUT2D eigenvalue weighted by molar-refractivity contribution is 0.0953. The number of nitrogens with one attached hydrogen (secondary N) is 1. The Morgan fingerprint density at radius 3 is 2.57 bits per heavy atom. The molecule has 1 aromatic carbocycles. The number of carbonyl (C=O) groups excluding carboxylic acids is 1. The molecule has 3 aromatic heterocycles. The third kappa shape index (κ3) is 3.76. The molecule has 0 radical (unpaired) electrons. The van der Waals surface area contributed by atoms with Crippen LogP contribution in [0.4, 0.5) is 0 Å². The van der Waals surface area contributed by atoms with Crippen molar-refractivity contribution in [2.45, 2.75) is 20.4 Å². The highest BCUT2D eigenvalue weighted by molar-refractivity contribution is 6.07. The molecule has 0 bridgehead atoms. The van der Waals surface area contributed by atoms with Crippen molar-refractivity contribution in [3.05, 3.63) is 59.5 Å². The van der Waals surface area contributed by atoms with E-state index in [4.69, 9.17) is 9.72 Å². The molecular formula is C22H24N6O2. The first-order valence-corrected chi connectivity index (χ1v) is 9.73. The molecule has 0 saturated carbocycles. The van der Waals surface area contributed by atoms with E-state index >= 15 is 0 Å². The van der Waals surface area contributed by atoms with Crippen molar-refractivity contribution in [3.63, 3.8) is 0 Å². The number of benzene rings is 1. The maximum atomic E-state index is 13.1. The van der Waals surface area contributed by atoms with Gasteiger partial charge in [0.25, 0.3) is 5.91 Å². The number of aromatic nitrogens is 5. The standard InChI is InChI=1S/C22H24N6O2/c1-14-9-11-28(25-14)12-10-23-22(29)18-13-19(16-5-7-17(30-4)8-6-16)24-21-20(18)15(2)26-27(21)3/h5-9,11,13H,10,12H2,1-4H3,(H,23,29). The summed E-state index contributed by atoms with van der Waals surface area (Å²) in [7, 11) is 3.46. The fourth-order valence-electron chi connectivity index (χ4n) is 3.50. The average Bonchev–Trinajstić information content (AvgIpc) is 3.29. The zero-order chi connectivity index (χ0) is 21.3. The summed E-state index contributed by atoms with van der Waals surface area (Å²) in [6.07, 6.45) is 1.90. The summed E-state index contributed by atoms with van der Waals surface area (Å²) in [5, 5.41) is 12.6. The molecule has 0 atom stereocenters. The zero-order valence-corrected chi connectivity index (χ0v) is 17.5. The number of rotatable bonds is 6. The van der Waals surface area contributed by atoms with Gasteiger partial charge in [-0.1, -0.05) is 0 Å². The van der Waals surface area contributed by atoms with Gasteiger partial charge in [-0.05, 0) is 50.2 Å². The van der Waals surface area contributed by atoms with Gasteiger partial charge < -0.3 is 10.1 Å². The number of carbonyl (C=O) groups is 1. The van der Waals surface area contributed by atoms with Crippen LogP contribution in [-0.4, -0.2) is 44.1 Å². The Morgan fingerprint density at radius 1 is 1.13 bits per heavy atom. The van der Waals surface area contributed by atoms with Gasteiger partial charge >= 0.3 is 0 Å². The van der Waals surface area contributed by atoms with E-state index in [0.717, 1.165) is 28.1 Å². The second-order valence-electron chi connectivity index (χ2n) is 7.17. The predicted octanol–water partition coefficient (Wildman–Crippen LogP) is 2.89. The minimum absolute atomic E-state index is 0.155. The summed E-state index contributed by atoms with van der Waals surface area (Å²) in [4.78, 5) is 17.8. The van der Waals surface area contributed by atoms with Crippen molar-refractivity contribution in [2.75, 3.05) is 13.7 Å². The fraction of sp³-hybridized carbons (Fsp3) is 0.273. The van der Waals surface area contributed by atoms with Crippen LogP contribution in [0.25, 0.3) is 22.3 Å². The highest BCUT2D eigenvalue weighted by Gasteiger charge is 2.19. The van der Waals surface area contributed by atoms with Gasteiger partial charge in [-0.25, -0.2) is 4.98 Å². The third-order valence-electron chi connectivity index (χ3n) is 5.00. The highest BCUT2D eigenvalue weighted by atomic mass is 16.5. The molecule has 154 valence electrons. The molecule has 0 aliphatic rings. The van der Waals surface area contributed by atoms with Gasteiger partial charge in [0.2, 0.25) is 0 Å². The number of pyridine rings is 1. The number of aryl methyl sites for hydroxylation is 3. The average molecular weight is 404 g/mol. The van der Waals surface area contributed by atoms with Crippen molar-refractivity contribution in [1.29, 1.82) is 0 Å². The Kier molecular flexibility index (Phi) is 5.22. The molecule has 0 aliphatic heterocycles. The Hall–Kier alpha value is -3.68. The van der Waals surface area contributed by atoms with Crippen molar-refractivity contribution in [3.8, 4) is 17.0 Å². The SMILES string of the molecule is COc1ccc(-c2cc(C(=O)NCCn3ccc(C)n3)c3c(C)nn(C)c3n2)cc1. The lowest BCUT2D eigenvalue weighted by atomic mass is 10.0. The Morgan fingerprint density at radius 2 is 1.90 bits per heavy atom. The van der Waals surface area contributed by atoms with Crippen molar-refractivity contribution < 1.29 is 9.53 Å². The second-order valence-corrected chi connectivity index (χ2v) is 7.17. The second kappa shape index (κ2) is 7.98. The van der Waals surface area contributed by atoms with Crippen LogP contribution >= 0.6 is 0 Å². The molecule has 4 rings (SSSR count). The van der Waals surface area contributed by atoms with Crippen molar-refractivity contribution in [2.24, 2.45) is 7.05 Å². The number of methoxy groups -OCH3 is 1. The maximum absolute atomic E-state index is 13.1. The number of hydrogen-bond donors (Lipinski definition) is 1. The van der Waals surface area contributed by atoms with Crippen LogP contribution in [0.3, 0.4) is 0 Å². The normalized spacial score (nSPS) is 11.1. The van der Waals surface area contributed by atoms with Crippen molar-refractivity contribution >= 4 is 16.9 Å². The van der Waals surface area contributed by atoms with Crippen LogP contribution in [0.5, 0.6) is 5.75 Å². The molecule has 0 fully saturated rings. The van der Waals surface area contributed by atoms with E-state index in [9.17, 15) is 4.79 Å². The predicted molar refractivity (Wildman–Crippen MR) is 115 cm³/mol. The summed E-state index contributed by atoms with van der Waals surface area (Å²) in [6, 6.07) is 11.4. The summed E-state index contributed by atoms with van der Waals surface area (Å²) >= 11 is 0. The molecule has 1 N–H and O–H groups in total. The van der Waals surface area contributed by atoms with Gasteiger partial charge in [0, 0.05) is 25.4 Å². The fourth-order valence-corrected chi connectivity index (χ4v) is 3.50. The molecule has 0 spiro atoms. The molecule has 1 amide bonds. The molecule has 4 aromatic rings. The summed E-state index contributed by atoms with van der Waals surface area (Å²) in [5.74, 6) is 0.611. The van der Waals surface area contributed by atoms with E-state index in [0.29, 0.717) is 30.0 Å². The molecule has 3 heterocycles. The Bertz CT molecular complexity index is 1210. The lowest BCUT2D eigenvalue weighted by Gasteiger charge is -2.10. The molecule has 8 heteroatoms. The van der Waals surface area contributed by atoms with Crippen LogP contribution in [0, 0.1) is 13.8 Å². The quantitative estimate of drug-likeness (QED) is 0.534. The van der Waals surface area contributed by atoms with Crippen LogP contribution in [0.1, 0.15) is 21.7 Å². The van der Waals surface area contributed by atoms with Gasteiger partial charge in [-0.3, -0.25) is 14.2 Å². The number of fused-ring (bicyclic) bond motifs is 1. The zero-order valence-electron chi connectivity index (χ0n) is 17.5. The molecule has 0 unspecified atom stereocenters. The van der Waals surface area contributed by atoms with Crippen LogP contribution in [0.15, 0.2) is 42.6 Å². The lowest BCUT2D eigenvalue weighted by Crippen LogP contribution is -2.27. The largest absolute Gasteiger partial charge is 0.497 e. The Balaban J connectivity index is 1.66. The molecule has 0 aliphatic carbocycles. The number of nitrogens with zero attached hydrogens (tertiary/aromatic N) is 5. The first-order chi connectivity index (χ1) is 14.5. The minimum atomic E-state index is -0.155. The third-order valence-corrected chi connectivity index (χ3v) is 5.00. The highest BCUT2D eigenvalue weighted by Crippen LogP contribution is 2.27. The van der Waals surface area contributed by atoms with Crippen LogP contribution in [0.2, 0.25) is 0 Å². The molecular weight excluding hydrogens is 380 g/mol. The van der Waals surface area contributed by atoms with Crippen LogP contribution < -0.4 is 10.1 Å². The first-order valence-electron chi connectivity index (χ1n) is 9.73. The van der Waals surface area contributed by atoms with Gasteiger partial charge in [0.15, 0.2) is 5.65 Å². The van der Waals surface area contributed by atoms with Gasteiger partial charge in [0.05, 0.1) is 41.7 Å². The summed E-state index contributed by atoms with van der Waals surface area (Å²) in [5.41, 5.74) is 4.57. The van der Waals surface area contributed by atoms with Gasteiger partial charge in [-0.15, -0.1) is 0 Å². The topological polar surface area (TPSA) is 86.9 Å². The van der Waals surface area contributed by atoms with Gasteiger partial charge in [0.1, 0.15) is 5.75 Å². The van der Waals surface area contributed by atoms with E-state index in [-0.39, 0.29) is 5.91 Å². The number of hydrogen-bond acceptors (Lipinski definition) is 5. The molecule has 30 heavy (non-hydrogen) atoms. The molecule has 8 nitrogen and oxygen atoms in total. The molecule has 0 saturated heterocycles. The first kappa shape index (κ1) is 19.6. The van der Waals surface area contributed by atoms with Gasteiger partial charge in [-0.2, -0.15) is 10.2 Å².